The number of hydrogen-bond donors (Lipinski definition) is 0. The maximum absolute atomic E-state index is 13.5. The monoisotopic (exact) mass is 653 g/mol. The van der Waals surface area contributed by atoms with E-state index in [9.17, 15) is 4.79 Å². The van der Waals surface area contributed by atoms with Gasteiger partial charge in [0, 0.05) is 17.3 Å². The molecule has 0 aliphatic heterocycles. The second-order valence-corrected chi connectivity index (χ2v) is 11.8. The van der Waals surface area contributed by atoms with Crippen LogP contribution >= 0.6 is 11.3 Å². The Morgan fingerprint density at radius 3 is 2.42 bits per heavy atom. The minimum Gasteiger partial charge on any atom is -0.493 e. The molecule has 0 saturated carbocycles. The zero-order chi connectivity index (χ0) is 32.9. The van der Waals surface area contributed by atoms with Crippen molar-refractivity contribution in [3.8, 4) is 34.2 Å². The molecule has 3 aromatic heterocycles. The van der Waals surface area contributed by atoms with Crippen LogP contribution in [0, 0.1) is 0 Å². The van der Waals surface area contributed by atoms with Crippen molar-refractivity contribution in [1.82, 2.24) is 24.4 Å². The standard InChI is InChI=1S/C38H31N5O4S/c1-3-46-32-19-17-26(21-33(32)45-2)18-20-35-39-38-43(40-35)37(44)34(48-38)23-29-24-42(30-14-8-5-9-15-30)41-36(29)28-13-10-16-31(22-28)47-25-27-11-6-4-7-12-27/h4-24H,3,25H2,1-2H3/b20-18+,34-23-. The molecule has 0 N–H and O–H groups in total. The smallest absolute Gasteiger partial charge is 0.291 e. The Hall–Kier alpha value is -6.00. The number of thiazole rings is 1. The molecule has 7 rings (SSSR count). The number of para-hydroxylation sites is 1. The highest BCUT2D eigenvalue weighted by molar-refractivity contribution is 7.15. The summed E-state index contributed by atoms with van der Waals surface area (Å²) in [6.45, 7) is 2.93. The van der Waals surface area contributed by atoms with E-state index >= 15 is 0 Å². The number of fused-ring (bicyclic) bond motifs is 1. The van der Waals surface area contributed by atoms with Gasteiger partial charge in [0.25, 0.3) is 5.56 Å². The Balaban J connectivity index is 1.21. The Bertz CT molecular complexity index is 2330. The summed E-state index contributed by atoms with van der Waals surface area (Å²) >= 11 is 1.28. The minimum absolute atomic E-state index is 0.247. The third-order valence-electron chi connectivity index (χ3n) is 7.52. The van der Waals surface area contributed by atoms with Gasteiger partial charge in [-0.05, 0) is 66.6 Å². The van der Waals surface area contributed by atoms with E-state index in [0.717, 1.165) is 39.4 Å². The molecule has 7 aromatic rings. The molecule has 0 bridgehead atoms. The maximum atomic E-state index is 13.5. The predicted molar refractivity (Wildman–Crippen MR) is 189 cm³/mol. The van der Waals surface area contributed by atoms with Gasteiger partial charge in [-0.25, -0.2) is 4.68 Å². The van der Waals surface area contributed by atoms with Crippen LogP contribution in [-0.4, -0.2) is 38.1 Å². The zero-order valence-electron chi connectivity index (χ0n) is 26.3. The van der Waals surface area contributed by atoms with E-state index in [1.165, 1.54) is 15.9 Å². The molecule has 0 amide bonds. The van der Waals surface area contributed by atoms with Gasteiger partial charge >= 0.3 is 0 Å². The van der Waals surface area contributed by atoms with Crippen molar-refractivity contribution < 1.29 is 14.2 Å². The second kappa shape index (κ2) is 13.8. The minimum atomic E-state index is -0.247. The summed E-state index contributed by atoms with van der Waals surface area (Å²) in [6.07, 6.45) is 7.42. The molecule has 0 saturated heterocycles. The highest BCUT2D eigenvalue weighted by Crippen LogP contribution is 2.30. The predicted octanol–water partition coefficient (Wildman–Crippen LogP) is 6.71. The molecule has 0 atom stereocenters. The lowest BCUT2D eigenvalue weighted by atomic mass is 10.1. The van der Waals surface area contributed by atoms with E-state index in [2.05, 4.69) is 10.1 Å². The van der Waals surface area contributed by atoms with Crippen molar-refractivity contribution >= 4 is 34.5 Å². The molecule has 0 fully saturated rings. The number of nitrogens with zero attached hydrogens (tertiary/aromatic N) is 5. The first-order valence-corrected chi connectivity index (χ1v) is 16.2. The highest BCUT2D eigenvalue weighted by atomic mass is 32.1. The number of methoxy groups -OCH3 is 1. The van der Waals surface area contributed by atoms with Crippen molar-refractivity contribution in [2.24, 2.45) is 0 Å². The highest BCUT2D eigenvalue weighted by Gasteiger charge is 2.15. The van der Waals surface area contributed by atoms with Crippen LogP contribution in [0.4, 0.5) is 0 Å². The van der Waals surface area contributed by atoms with Gasteiger partial charge in [-0.2, -0.15) is 14.6 Å². The molecule has 4 aromatic carbocycles. The van der Waals surface area contributed by atoms with Crippen molar-refractivity contribution in [3.05, 3.63) is 147 Å². The lowest BCUT2D eigenvalue weighted by Gasteiger charge is -2.09. The van der Waals surface area contributed by atoms with Gasteiger partial charge in [0.2, 0.25) is 4.96 Å². The molecule has 0 spiro atoms. The van der Waals surface area contributed by atoms with Crippen molar-refractivity contribution in [1.29, 1.82) is 0 Å². The van der Waals surface area contributed by atoms with Gasteiger partial charge in [0.05, 0.1) is 23.9 Å². The molecule has 0 aliphatic carbocycles. The quantitative estimate of drug-likeness (QED) is 0.153. The molecule has 0 aliphatic rings. The third kappa shape index (κ3) is 6.60. The average Bonchev–Trinajstić information content (AvgIpc) is 3.82. The summed E-state index contributed by atoms with van der Waals surface area (Å²) in [4.78, 5) is 18.6. The summed E-state index contributed by atoms with van der Waals surface area (Å²) in [5.41, 5.74) is 5.00. The van der Waals surface area contributed by atoms with Crippen LogP contribution in [0.1, 0.15) is 29.4 Å². The molecular formula is C38H31N5O4S. The van der Waals surface area contributed by atoms with Gasteiger partial charge in [-0.3, -0.25) is 4.79 Å². The third-order valence-corrected chi connectivity index (χ3v) is 8.48. The number of rotatable bonds is 11. The van der Waals surface area contributed by atoms with E-state index in [0.29, 0.717) is 40.0 Å². The molecular weight excluding hydrogens is 623 g/mol. The van der Waals surface area contributed by atoms with Crippen LogP contribution in [0.5, 0.6) is 17.2 Å². The summed E-state index contributed by atoms with van der Waals surface area (Å²) in [5.74, 6) is 2.48. The van der Waals surface area contributed by atoms with Crippen molar-refractivity contribution in [2.75, 3.05) is 13.7 Å². The number of hydrogen-bond acceptors (Lipinski definition) is 8. The fourth-order valence-electron chi connectivity index (χ4n) is 5.20. The van der Waals surface area contributed by atoms with Crippen LogP contribution in [0.25, 0.3) is 40.1 Å². The lowest BCUT2D eigenvalue weighted by molar-refractivity contribution is 0.306. The summed E-state index contributed by atoms with van der Waals surface area (Å²) in [5, 5.41) is 9.41. The summed E-state index contributed by atoms with van der Waals surface area (Å²) in [6, 6.07) is 33.4. The number of aromatic nitrogens is 5. The van der Waals surface area contributed by atoms with Gasteiger partial charge < -0.3 is 14.2 Å². The molecule has 9 nitrogen and oxygen atoms in total. The Morgan fingerprint density at radius 1 is 0.833 bits per heavy atom. The van der Waals surface area contributed by atoms with E-state index in [1.54, 1.807) is 13.2 Å². The van der Waals surface area contributed by atoms with Crippen LogP contribution in [0.2, 0.25) is 0 Å². The Kier molecular flexibility index (Phi) is 8.80. The van der Waals surface area contributed by atoms with Crippen molar-refractivity contribution in [3.63, 3.8) is 0 Å². The largest absolute Gasteiger partial charge is 0.493 e. The normalized spacial score (nSPS) is 11.8. The second-order valence-electron chi connectivity index (χ2n) is 10.8. The summed E-state index contributed by atoms with van der Waals surface area (Å²) in [7, 11) is 1.61. The van der Waals surface area contributed by atoms with Crippen LogP contribution < -0.4 is 24.3 Å². The van der Waals surface area contributed by atoms with E-state index in [4.69, 9.17) is 19.3 Å². The fraction of sp³-hybridized carbons (Fsp3) is 0.105. The molecule has 48 heavy (non-hydrogen) atoms. The summed E-state index contributed by atoms with van der Waals surface area (Å²) < 4.78 is 20.8. The zero-order valence-corrected chi connectivity index (χ0v) is 27.1. The van der Waals surface area contributed by atoms with E-state index in [-0.39, 0.29) is 5.56 Å². The van der Waals surface area contributed by atoms with Crippen LogP contribution in [0.3, 0.4) is 0 Å². The van der Waals surface area contributed by atoms with Gasteiger partial charge in [0.1, 0.15) is 18.1 Å². The Labute approximate surface area is 280 Å². The van der Waals surface area contributed by atoms with Gasteiger partial charge in [0.15, 0.2) is 17.3 Å². The first-order valence-electron chi connectivity index (χ1n) is 15.4. The topological polar surface area (TPSA) is 92.8 Å². The number of ether oxygens (including phenoxy) is 3. The fourth-order valence-corrected chi connectivity index (χ4v) is 6.10. The van der Waals surface area contributed by atoms with Gasteiger partial charge in [-0.1, -0.05) is 84.1 Å². The molecule has 10 heteroatoms. The maximum Gasteiger partial charge on any atom is 0.291 e. The SMILES string of the molecule is CCOc1ccc(/C=C/c2nc3s/c(=C\c4cn(-c5ccccc5)nc4-c4cccc(OCc5ccccc5)c4)c(=O)n3n2)cc1OC. The van der Waals surface area contributed by atoms with E-state index < -0.39 is 0 Å². The average molecular weight is 654 g/mol. The Morgan fingerprint density at radius 2 is 1.65 bits per heavy atom. The van der Waals surface area contributed by atoms with Crippen LogP contribution in [0.15, 0.2) is 114 Å². The van der Waals surface area contributed by atoms with E-state index in [1.807, 2.05) is 133 Å². The van der Waals surface area contributed by atoms with Crippen LogP contribution in [-0.2, 0) is 6.61 Å². The molecule has 238 valence electrons. The molecule has 0 unspecified atom stereocenters. The lowest BCUT2D eigenvalue weighted by Crippen LogP contribution is -2.23. The number of benzene rings is 4. The van der Waals surface area contributed by atoms with Gasteiger partial charge in [-0.15, -0.1) is 5.10 Å². The molecule has 0 radical (unpaired) electrons. The van der Waals surface area contributed by atoms with Crippen molar-refractivity contribution in [2.45, 2.75) is 13.5 Å². The molecule has 3 heterocycles. The first kappa shape index (κ1) is 30.6. The first-order chi connectivity index (χ1) is 23.6.